The zero-order chi connectivity index (χ0) is 28.4. The first-order valence-electron chi connectivity index (χ1n) is 12.7. The summed E-state index contributed by atoms with van der Waals surface area (Å²) in [6.45, 7) is 17.0. The van der Waals surface area contributed by atoms with E-state index >= 15 is 0 Å². The lowest BCUT2D eigenvalue weighted by atomic mass is 10.0. The number of hydrogen-bond donors (Lipinski definition) is 2. The monoisotopic (exact) mass is 543 g/mol. The highest BCUT2D eigenvalue weighted by Gasteiger charge is 2.47. The number of thioether (sulfide) groups is 1. The summed E-state index contributed by atoms with van der Waals surface area (Å²) < 4.78 is 14.8. The van der Waals surface area contributed by atoms with Crippen LogP contribution in [0.5, 0.6) is 0 Å². The van der Waals surface area contributed by atoms with Gasteiger partial charge in [-0.05, 0) is 59.1 Å². The minimum Gasteiger partial charge on any atom is -0.467 e. The minimum absolute atomic E-state index is 0.0672. The Labute approximate surface area is 225 Å². The molecule has 1 heterocycles. The molecule has 0 radical (unpaired) electrons. The minimum atomic E-state index is -1.01. The van der Waals surface area contributed by atoms with Crippen molar-refractivity contribution in [2.24, 2.45) is 5.92 Å². The smallest absolute Gasteiger partial charge is 0.408 e. The summed E-state index contributed by atoms with van der Waals surface area (Å²) in [5, 5.41) is 5.47. The number of likely N-dealkylation sites (tertiary alicyclic amines) is 1. The van der Waals surface area contributed by atoms with Crippen LogP contribution in [0.15, 0.2) is 12.7 Å². The van der Waals surface area contributed by atoms with Crippen molar-refractivity contribution in [2.45, 2.75) is 96.2 Å². The molecule has 212 valence electrons. The molecule has 3 atom stereocenters. The zero-order valence-corrected chi connectivity index (χ0v) is 24.4. The number of carbonyl (C=O) groups excluding carboxylic acids is 4. The fraction of sp³-hybridized carbons (Fsp3) is 0.769. The number of rotatable bonds is 12. The number of ether oxygens (including phenoxy) is 3. The van der Waals surface area contributed by atoms with Crippen molar-refractivity contribution in [1.82, 2.24) is 15.5 Å². The third kappa shape index (κ3) is 11.2. The molecule has 0 aromatic rings. The van der Waals surface area contributed by atoms with Gasteiger partial charge in [-0.25, -0.2) is 14.4 Å². The lowest BCUT2D eigenvalue weighted by Crippen LogP contribution is -2.59. The predicted octanol–water partition coefficient (Wildman–Crippen LogP) is 3.88. The average Bonchev–Trinajstić information content (AvgIpc) is 3.18. The maximum absolute atomic E-state index is 13.9. The third-order valence-electron chi connectivity index (χ3n) is 5.71. The second kappa shape index (κ2) is 14.5. The third-order valence-corrected chi connectivity index (χ3v) is 7.13. The average molecular weight is 544 g/mol. The van der Waals surface area contributed by atoms with E-state index in [0.29, 0.717) is 11.7 Å². The van der Waals surface area contributed by atoms with Crippen LogP contribution in [-0.2, 0) is 23.8 Å². The number of nitrogens with zero attached hydrogens (tertiary/aromatic N) is 1. The summed E-state index contributed by atoms with van der Waals surface area (Å²) >= 11 is 1.50. The molecule has 0 aromatic heterocycles. The second-order valence-corrected chi connectivity index (χ2v) is 12.8. The number of methoxy groups -OCH3 is 1. The van der Waals surface area contributed by atoms with Crippen molar-refractivity contribution in [3.05, 3.63) is 12.7 Å². The van der Waals surface area contributed by atoms with E-state index in [1.807, 2.05) is 27.7 Å². The maximum Gasteiger partial charge on any atom is 0.408 e. The van der Waals surface area contributed by atoms with Crippen molar-refractivity contribution in [3.63, 3.8) is 0 Å². The Balaban J connectivity index is 3.14. The molecule has 3 amide bonds. The van der Waals surface area contributed by atoms with Gasteiger partial charge < -0.3 is 29.7 Å². The van der Waals surface area contributed by atoms with Crippen LogP contribution < -0.4 is 10.6 Å². The van der Waals surface area contributed by atoms with Crippen molar-refractivity contribution < 1.29 is 33.4 Å². The van der Waals surface area contributed by atoms with Crippen molar-refractivity contribution in [3.8, 4) is 0 Å². The number of carbonyl (C=O) groups is 4. The summed E-state index contributed by atoms with van der Waals surface area (Å²) in [7, 11) is 1.25. The first-order chi connectivity index (χ1) is 17.1. The van der Waals surface area contributed by atoms with E-state index in [0.717, 1.165) is 12.8 Å². The van der Waals surface area contributed by atoms with E-state index in [1.165, 1.54) is 23.8 Å². The number of allylic oxidation sites excluding steroid dienone is 1. The Morgan fingerprint density at radius 1 is 1.14 bits per heavy atom. The molecule has 1 rings (SSSR count). The van der Waals surface area contributed by atoms with Crippen LogP contribution in [0.2, 0.25) is 0 Å². The van der Waals surface area contributed by atoms with Gasteiger partial charge in [-0.2, -0.15) is 11.8 Å². The van der Waals surface area contributed by atoms with Crippen LogP contribution in [0, 0.1) is 5.92 Å². The summed E-state index contributed by atoms with van der Waals surface area (Å²) in [6, 6.07) is -2.45. The SMILES string of the molecule is C=CCCSC(C)(C)C(NC(=O)OC(C)(C)C)C(=O)N1CC(NC(=O)OCCC(C)C)CC1C(=O)OC. The van der Waals surface area contributed by atoms with Gasteiger partial charge in [-0.3, -0.25) is 4.79 Å². The zero-order valence-electron chi connectivity index (χ0n) is 23.5. The largest absolute Gasteiger partial charge is 0.467 e. The summed E-state index contributed by atoms with van der Waals surface area (Å²) in [5.41, 5.74) is -0.759. The van der Waals surface area contributed by atoms with Crippen LogP contribution in [0.1, 0.15) is 67.7 Å². The van der Waals surface area contributed by atoms with Gasteiger partial charge in [0.05, 0.1) is 19.8 Å². The van der Waals surface area contributed by atoms with Gasteiger partial charge >= 0.3 is 18.2 Å². The standard InChI is InChI=1S/C26H45N3O7S/c1-10-11-14-37-26(7,8)20(28-24(33)36-25(4,5)6)21(30)29-16-18(15-19(29)22(31)34-9)27-23(32)35-13-12-17(2)3/h10,17-20H,1,11-16H2,2-9H3,(H,27,32)(H,28,33). The molecule has 0 saturated carbocycles. The molecule has 0 aliphatic carbocycles. The predicted molar refractivity (Wildman–Crippen MR) is 144 cm³/mol. The highest BCUT2D eigenvalue weighted by atomic mass is 32.2. The number of alkyl carbamates (subject to hydrolysis) is 2. The van der Waals surface area contributed by atoms with Crippen molar-refractivity contribution in [2.75, 3.05) is 26.0 Å². The molecule has 3 unspecified atom stereocenters. The van der Waals surface area contributed by atoms with Crippen molar-refractivity contribution >= 4 is 35.8 Å². The van der Waals surface area contributed by atoms with E-state index < -0.39 is 52.5 Å². The Morgan fingerprint density at radius 2 is 1.78 bits per heavy atom. The highest BCUT2D eigenvalue weighted by Crippen LogP contribution is 2.32. The Bertz CT molecular complexity index is 810. The van der Waals surface area contributed by atoms with Gasteiger partial charge in [-0.15, -0.1) is 6.58 Å². The van der Waals surface area contributed by atoms with Crippen LogP contribution >= 0.6 is 11.8 Å². The van der Waals surface area contributed by atoms with E-state index in [1.54, 1.807) is 26.8 Å². The van der Waals surface area contributed by atoms with Crippen LogP contribution in [0.4, 0.5) is 9.59 Å². The number of hydrogen-bond acceptors (Lipinski definition) is 8. The van der Waals surface area contributed by atoms with E-state index in [9.17, 15) is 19.2 Å². The Kier molecular flexibility index (Phi) is 12.8. The van der Waals surface area contributed by atoms with Crippen LogP contribution in [0.25, 0.3) is 0 Å². The summed E-state index contributed by atoms with van der Waals surface area (Å²) in [5.74, 6) is 0.00957. The molecule has 1 saturated heterocycles. The molecule has 0 bridgehead atoms. The molecule has 2 N–H and O–H groups in total. The first-order valence-corrected chi connectivity index (χ1v) is 13.7. The van der Waals surface area contributed by atoms with E-state index in [-0.39, 0.29) is 19.6 Å². The molecular weight excluding hydrogens is 498 g/mol. The highest BCUT2D eigenvalue weighted by molar-refractivity contribution is 8.00. The summed E-state index contributed by atoms with van der Waals surface area (Å²) in [4.78, 5) is 52.9. The van der Waals surface area contributed by atoms with Gasteiger partial charge in [0.2, 0.25) is 5.91 Å². The van der Waals surface area contributed by atoms with Gasteiger partial charge in [0.1, 0.15) is 17.7 Å². The Hall–Kier alpha value is -2.43. The lowest BCUT2D eigenvalue weighted by molar-refractivity contribution is -0.151. The quantitative estimate of drug-likeness (QED) is 0.165. The molecule has 10 nitrogen and oxygen atoms in total. The molecule has 1 aliphatic heterocycles. The maximum atomic E-state index is 13.9. The number of esters is 1. The number of amides is 3. The van der Waals surface area contributed by atoms with E-state index in [2.05, 4.69) is 17.2 Å². The second-order valence-electron chi connectivity index (χ2n) is 11.0. The Morgan fingerprint density at radius 3 is 2.32 bits per heavy atom. The van der Waals surface area contributed by atoms with Crippen LogP contribution in [-0.4, -0.2) is 83.5 Å². The molecule has 11 heteroatoms. The molecule has 0 spiro atoms. The first kappa shape index (κ1) is 32.6. The fourth-order valence-electron chi connectivity index (χ4n) is 3.75. The van der Waals surface area contributed by atoms with Gasteiger partial charge in [0.15, 0.2) is 0 Å². The normalized spacial score (nSPS) is 18.7. The molecule has 37 heavy (non-hydrogen) atoms. The van der Waals surface area contributed by atoms with Gasteiger partial charge in [0, 0.05) is 17.7 Å². The van der Waals surface area contributed by atoms with Gasteiger partial charge in [0.25, 0.3) is 0 Å². The molecule has 1 fully saturated rings. The van der Waals surface area contributed by atoms with Crippen molar-refractivity contribution in [1.29, 1.82) is 0 Å². The molecular formula is C26H45N3O7S. The number of nitrogens with one attached hydrogen (secondary N) is 2. The van der Waals surface area contributed by atoms with E-state index in [4.69, 9.17) is 14.2 Å². The molecule has 0 aromatic carbocycles. The fourth-order valence-corrected chi connectivity index (χ4v) is 4.89. The lowest BCUT2D eigenvalue weighted by Gasteiger charge is -2.37. The summed E-state index contributed by atoms with van der Waals surface area (Å²) in [6.07, 6.45) is 2.06. The topological polar surface area (TPSA) is 123 Å². The van der Waals surface area contributed by atoms with Gasteiger partial charge in [-0.1, -0.05) is 19.9 Å². The van der Waals surface area contributed by atoms with Crippen LogP contribution in [0.3, 0.4) is 0 Å². The molecule has 1 aliphatic rings.